The molecule has 0 radical (unpaired) electrons. The Hall–Kier alpha value is -3.87. The van der Waals surface area contributed by atoms with E-state index >= 15 is 0 Å². The fourth-order valence-corrected chi connectivity index (χ4v) is 4.19. The van der Waals surface area contributed by atoms with Gasteiger partial charge in [-0.15, -0.1) is 0 Å². The van der Waals surface area contributed by atoms with Gasteiger partial charge in [-0.2, -0.15) is 0 Å². The third-order valence-electron chi connectivity index (χ3n) is 5.66. The van der Waals surface area contributed by atoms with Crippen molar-refractivity contribution in [2.75, 3.05) is 21.3 Å². The highest BCUT2D eigenvalue weighted by atomic mass is 16.5. The molecule has 32 heavy (non-hydrogen) atoms. The Morgan fingerprint density at radius 1 is 0.969 bits per heavy atom. The molecule has 4 rings (SSSR count). The highest BCUT2D eigenvalue weighted by molar-refractivity contribution is 6.21. The molecule has 1 aromatic carbocycles. The van der Waals surface area contributed by atoms with Crippen LogP contribution >= 0.6 is 0 Å². The van der Waals surface area contributed by atoms with Crippen molar-refractivity contribution in [1.29, 1.82) is 0 Å². The Balaban J connectivity index is 1.79. The number of methoxy groups -OCH3 is 3. The number of fused-ring (bicyclic) bond motifs is 1. The number of rotatable bonds is 6. The lowest BCUT2D eigenvalue weighted by Crippen LogP contribution is -2.32. The van der Waals surface area contributed by atoms with Gasteiger partial charge in [-0.05, 0) is 31.2 Å². The second-order valence-corrected chi connectivity index (χ2v) is 7.35. The molecule has 0 spiro atoms. The summed E-state index contributed by atoms with van der Waals surface area (Å²) in [7, 11) is 4.38. The molecular weight excluding hydrogens is 412 g/mol. The number of nitrogens with zero attached hydrogens (tertiary/aromatic N) is 2. The topological polar surface area (TPSA) is 87.1 Å². The van der Waals surface area contributed by atoms with Gasteiger partial charge in [0, 0.05) is 24.6 Å². The molecule has 8 heteroatoms. The number of carbonyl (C=O) groups is 2. The van der Waals surface area contributed by atoms with Crippen LogP contribution in [0, 0.1) is 6.92 Å². The first kappa shape index (κ1) is 21.4. The van der Waals surface area contributed by atoms with E-state index in [0.717, 1.165) is 5.69 Å². The molecule has 0 N–H and O–H groups in total. The van der Waals surface area contributed by atoms with Gasteiger partial charge in [0.2, 0.25) is 0 Å². The number of aryl methyl sites for hydroxylation is 1. The van der Waals surface area contributed by atoms with E-state index in [1.807, 2.05) is 29.6 Å². The molecule has 2 heterocycles. The molecule has 1 aliphatic carbocycles. The van der Waals surface area contributed by atoms with Crippen LogP contribution in [0.1, 0.15) is 32.1 Å². The smallest absolute Gasteiger partial charge is 0.261 e. The minimum absolute atomic E-state index is 0.0528. The van der Waals surface area contributed by atoms with Crippen molar-refractivity contribution in [1.82, 2.24) is 9.47 Å². The Bertz CT molecular complexity index is 1190. The second kappa shape index (κ2) is 8.34. The van der Waals surface area contributed by atoms with E-state index in [1.165, 1.54) is 26.2 Å². The third kappa shape index (κ3) is 3.17. The molecule has 1 aliphatic heterocycles. The van der Waals surface area contributed by atoms with Crippen LogP contribution in [0.5, 0.6) is 0 Å². The van der Waals surface area contributed by atoms with Gasteiger partial charge in [-0.3, -0.25) is 14.5 Å². The molecule has 0 saturated carbocycles. The molecule has 0 bridgehead atoms. The van der Waals surface area contributed by atoms with Crippen LogP contribution < -0.4 is 0 Å². The molecule has 2 aromatic rings. The van der Waals surface area contributed by atoms with Crippen molar-refractivity contribution >= 4 is 23.5 Å². The zero-order valence-corrected chi connectivity index (χ0v) is 18.2. The van der Waals surface area contributed by atoms with Gasteiger partial charge in [0.15, 0.2) is 11.5 Å². The highest BCUT2D eigenvalue weighted by Crippen LogP contribution is 2.35. The summed E-state index contributed by atoms with van der Waals surface area (Å²) in [5, 5.41) is 0. The Morgan fingerprint density at radius 3 is 2.16 bits per heavy atom. The number of ether oxygens (including phenoxy) is 3. The van der Waals surface area contributed by atoms with E-state index in [0.29, 0.717) is 28.3 Å². The number of carbonyl (C=O) groups excluding carboxylic acids is 3. The van der Waals surface area contributed by atoms with Crippen molar-refractivity contribution in [2.24, 2.45) is 0 Å². The van der Waals surface area contributed by atoms with Crippen molar-refractivity contribution in [3.63, 3.8) is 0 Å². The fraction of sp³-hybridized carbons (Fsp3) is 0.250. The van der Waals surface area contributed by atoms with Crippen LogP contribution in [-0.4, -0.2) is 54.7 Å². The monoisotopic (exact) mass is 434 g/mol. The van der Waals surface area contributed by atoms with Crippen molar-refractivity contribution in [3.05, 3.63) is 82.1 Å². The number of imide groups is 1. The quantitative estimate of drug-likeness (QED) is 0.513. The Kier molecular flexibility index (Phi) is 5.57. The van der Waals surface area contributed by atoms with Crippen LogP contribution in [0.3, 0.4) is 0 Å². The van der Waals surface area contributed by atoms with Crippen molar-refractivity contribution in [2.45, 2.75) is 19.6 Å². The van der Waals surface area contributed by atoms with Crippen LogP contribution in [0.2, 0.25) is 0 Å². The SMILES string of the molecule is COC1=C(OC)C(=C=O)C(OC)C(n2c(C)ccc2CN2C(=O)c3ccccc3C2=O)=C1. The summed E-state index contributed by atoms with van der Waals surface area (Å²) in [6.45, 7) is 1.93. The number of hydrogen-bond acceptors (Lipinski definition) is 6. The first-order valence-electron chi connectivity index (χ1n) is 9.91. The van der Waals surface area contributed by atoms with Gasteiger partial charge in [0.05, 0.1) is 37.6 Å². The molecule has 1 aromatic heterocycles. The number of amides is 2. The van der Waals surface area contributed by atoms with Crippen molar-refractivity contribution in [3.8, 4) is 0 Å². The predicted octanol–water partition coefficient (Wildman–Crippen LogP) is 2.72. The zero-order valence-electron chi connectivity index (χ0n) is 18.2. The first-order chi connectivity index (χ1) is 15.5. The summed E-state index contributed by atoms with van der Waals surface area (Å²) >= 11 is 0. The number of benzene rings is 1. The molecule has 2 aliphatic rings. The average molecular weight is 434 g/mol. The lowest BCUT2D eigenvalue weighted by Gasteiger charge is -2.29. The van der Waals surface area contributed by atoms with Crippen LogP contribution in [0.25, 0.3) is 5.70 Å². The molecule has 1 unspecified atom stereocenters. The molecule has 8 nitrogen and oxygen atoms in total. The highest BCUT2D eigenvalue weighted by Gasteiger charge is 2.37. The zero-order chi connectivity index (χ0) is 23.0. The van der Waals surface area contributed by atoms with E-state index in [2.05, 4.69) is 0 Å². The molecule has 0 saturated heterocycles. The normalized spacial score (nSPS) is 18.0. The fourth-order valence-electron chi connectivity index (χ4n) is 4.19. The summed E-state index contributed by atoms with van der Waals surface area (Å²) in [5.74, 6) is 1.80. The standard InChI is InChI=1S/C24H22N2O6/c1-14-9-10-15(12-25-23(28)16-7-5-6-8-17(16)24(25)29)26(14)19-11-20(30-2)22(32-4)18(13-27)21(19)31-3/h5-11,21H,12H2,1-4H3. The summed E-state index contributed by atoms with van der Waals surface area (Å²) in [6.07, 6.45) is 0.931. The predicted molar refractivity (Wildman–Crippen MR) is 115 cm³/mol. The summed E-state index contributed by atoms with van der Waals surface area (Å²) in [6, 6.07) is 10.5. The molecular formula is C24H22N2O6. The third-order valence-corrected chi connectivity index (χ3v) is 5.66. The van der Waals surface area contributed by atoms with Crippen molar-refractivity contribution < 1.29 is 28.6 Å². The summed E-state index contributed by atoms with van der Waals surface area (Å²) in [4.78, 5) is 38.7. The number of allylic oxidation sites excluding steroid dienone is 1. The van der Waals surface area contributed by atoms with Gasteiger partial charge in [0.25, 0.3) is 11.8 Å². The first-order valence-corrected chi connectivity index (χ1v) is 9.91. The minimum atomic E-state index is -0.784. The maximum absolute atomic E-state index is 12.9. The largest absolute Gasteiger partial charge is 0.493 e. The van der Waals surface area contributed by atoms with Gasteiger partial charge in [-0.1, -0.05) is 12.1 Å². The lowest BCUT2D eigenvalue weighted by molar-refractivity contribution is 0.0639. The number of hydrogen-bond donors (Lipinski definition) is 0. The van der Waals surface area contributed by atoms with E-state index < -0.39 is 6.10 Å². The summed E-state index contributed by atoms with van der Waals surface area (Å²) < 4.78 is 18.3. The molecule has 0 fully saturated rings. The minimum Gasteiger partial charge on any atom is -0.493 e. The van der Waals surface area contributed by atoms with Gasteiger partial charge in [-0.25, -0.2) is 4.79 Å². The van der Waals surface area contributed by atoms with Gasteiger partial charge < -0.3 is 18.8 Å². The number of aromatic nitrogens is 1. The second-order valence-electron chi connectivity index (χ2n) is 7.35. The Morgan fingerprint density at radius 2 is 1.62 bits per heavy atom. The average Bonchev–Trinajstić information content (AvgIpc) is 3.30. The van der Waals surface area contributed by atoms with E-state index in [1.54, 1.807) is 30.3 Å². The van der Waals surface area contributed by atoms with Gasteiger partial charge in [0.1, 0.15) is 17.6 Å². The molecule has 1 atom stereocenters. The molecule has 2 amide bonds. The maximum Gasteiger partial charge on any atom is 0.261 e. The molecule has 164 valence electrons. The van der Waals surface area contributed by atoms with E-state index in [-0.39, 0.29) is 29.7 Å². The van der Waals surface area contributed by atoms with E-state index in [9.17, 15) is 14.4 Å². The Labute approximate surface area is 185 Å². The van der Waals surface area contributed by atoms with Crippen LogP contribution in [0.15, 0.2) is 59.6 Å². The maximum atomic E-state index is 12.9. The van der Waals surface area contributed by atoms with Gasteiger partial charge >= 0.3 is 0 Å². The van der Waals surface area contributed by atoms with E-state index in [4.69, 9.17) is 14.2 Å². The summed E-state index contributed by atoms with van der Waals surface area (Å²) in [5.41, 5.74) is 3.01. The van der Waals surface area contributed by atoms with Crippen LogP contribution in [-0.2, 0) is 25.5 Å². The lowest BCUT2D eigenvalue weighted by atomic mass is 9.98. The van der Waals surface area contributed by atoms with Crippen LogP contribution in [0.4, 0.5) is 0 Å².